The van der Waals surface area contributed by atoms with Gasteiger partial charge in [-0.2, -0.15) is 0 Å². The van der Waals surface area contributed by atoms with Crippen LogP contribution in [0.15, 0.2) is 48.5 Å². The van der Waals surface area contributed by atoms with Crippen LogP contribution in [0.25, 0.3) is 0 Å². The van der Waals surface area contributed by atoms with Gasteiger partial charge in [0.2, 0.25) is 0 Å². The Kier molecular flexibility index (Phi) is 6.12. The Bertz CT molecular complexity index is 817. The summed E-state index contributed by atoms with van der Waals surface area (Å²) in [4.78, 5) is 24.3. The zero-order valence-corrected chi connectivity index (χ0v) is 15.7. The van der Waals surface area contributed by atoms with Gasteiger partial charge in [0.05, 0.1) is 6.04 Å². The highest BCUT2D eigenvalue weighted by atomic mass is 16.6. The van der Waals surface area contributed by atoms with E-state index in [-0.39, 0.29) is 18.6 Å². The standard InChI is InChI=1S/C22H25NO4/c1-15-7-5-10-18(13-15)27-16(2)22(25)26-14-21(24)23-20-12-6-9-17-8-3-4-11-19(17)20/h3-5,7-8,10-11,13,16,20H,6,9,12,14H2,1-2H3,(H,23,24)/t16-,20+/m1/s1. The molecular weight excluding hydrogens is 342 g/mol. The van der Waals surface area contributed by atoms with Crippen molar-refractivity contribution in [2.24, 2.45) is 0 Å². The largest absolute Gasteiger partial charge is 0.479 e. The molecule has 5 heteroatoms. The lowest BCUT2D eigenvalue weighted by atomic mass is 9.88. The number of carbonyl (C=O) groups is 2. The van der Waals surface area contributed by atoms with E-state index in [4.69, 9.17) is 9.47 Å². The molecule has 3 rings (SSSR count). The number of benzene rings is 2. The van der Waals surface area contributed by atoms with E-state index in [0.717, 1.165) is 30.4 Å². The van der Waals surface area contributed by atoms with Gasteiger partial charge in [-0.3, -0.25) is 4.79 Å². The maximum atomic E-state index is 12.2. The van der Waals surface area contributed by atoms with Gasteiger partial charge in [0.25, 0.3) is 5.91 Å². The maximum absolute atomic E-state index is 12.2. The van der Waals surface area contributed by atoms with E-state index in [2.05, 4.69) is 11.4 Å². The highest BCUT2D eigenvalue weighted by molar-refractivity contribution is 5.82. The van der Waals surface area contributed by atoms with Crippen molar-refractivity contribution in [1.29, 1.82) is 0 Å². The van der Waals surface area contributed by atoms with Crippen molar-refractivity contribution in [2.45, 2.75) is 45.3 Å². The third-order valence-corrected chi connectivity index (χ3v) is 4.68. The lowest BCUT2D eigenvalue weighted by molar-refractivity contribution is -0.154. The molecule has 0 unspecified atom stereocenters. The molecule has 142 valence electrons. The van der Waals surface area contributed by atoms with Gasteiger partial charge in [-0.15, -0.1) is 0 Å². The summed E-state index contributed by atoms with van der Waals surface area (Å²) in [5.74, 6) is -0.258. The maximum Gasteiger partial charge on any atom is 0.347 e. The van der Waals surface area contributed by atoms with Crippen molar-refractivity contribution in [3.8, 4) is 5.75 Å². The first-order valence-corrected chi connectivity index (χ1v) is 9.30. The van der Waals surface area contributed by atoms with Crippen LogP contribution < -0.4 is 10.1 Å². The van der Waals surface area contributed by atoms with Crippen molar-refractivity contribution in [3.63, 3.8) is 0 Å². The van der Waals surface area contributed by atoms with Gasteiger partial charge in [-0.25, -0.2) is 4.79 Å². The molecule has 0 aromatic heterocycles. The van der Waals surface area contributed by atoms with Gasteiger partial charge in [0.1, 0.15) is 5.75 Å². The predicted octanol–water partition coefficient (Wildman–Crippen LogP) is 3.50. The summed E-state index contributed by atoms with van der Waals surface area (Å²) in [6, 6.07) is 15.5. The third-order valence-electron chi connectivity index (χ3n) is 4.68. The zero-order valence-electron chi connectivity index (χ0n) is 15.7. The fraction of sp³-hybridized carbons (Fsp3) is 0.364. The highest BCUT2D eigenvalue weighted by Gasteiger charge is 2.23. The summed E-state index contributed by atoms with van der Waals surface area (Å²) in [5.41, 5.74) is 3.46. The third kappa shape index (κ3) is 5.09. The average Bonchev–Trinajstić information content (AvgIpc) is 2.66. The topological polar surface area (TPSA) is 64.6 Å². The van der Waals surface area contributed by atoms with Crippen LogP contribution in [0.3, 0.4) is 0 Å². The Hall–Kier alpha value is -2.82. The number of nitrogens with one attached hydrogen (secondary N) is 1. The first-order chi connectivity index (χ1) is 13.0. The van der Waals surface area contributed by atoms with E-state index >= 15 is 0 Å². The van der Waals surface area contributed by atoms with Crippen molar-refractivity contribution >= 4 is 11.9 Å². The summed E-state index contributed by atoms with van der Waals surface area (Å²) in [5, 5.41) is 2.97. The van der Waals surface area contributed by atoms with E-state index < -0.39 is 12.1 Å². The Morgan fingerprint density at radius 3 is 2.81 bits per heavy atom. The Balaban J connectivity index is 1.48. The summed E-state index contributed by atoms with van der Waals surface area (Å²) in [6.45, 7) is 3.25. The molecule has 0 bridgehead atoms. The van der Waals surface area contributed by atoms with Gasteiger partial charge in [0.15, 0.2) is 12.7 Å². The van der Waals surface area contributed by atoms with Crippen molar-refractivity contribution in [1.82, 2.24) is 5.32 Å². The zero-order chi connectivity index (χ0) is 19.2. The number of esters is 1. The first kappa shape index (κ1) is 19.0. The van der Waals surface area contributed by atoms with Crippen LogP contribution in [0.1, 0.15) is 42.5 Å². The number of aryl methyl sites for hydroxylation is 2. The number of rotatable bonds is 6. The average molecular weight is 367 g/mol. The van der Waals surface area contributed by atoms with Crippen LogP contribution in [-0.4, -0.2) is 24.6 Å². The minimum absolute atomic E-state index is 0.0258. The summed E-state index contributed by atoms with van der Waals surface area (Å²) >= 11 is 0. The normalized spacial score (nSPS) is 16.7. The lowest BCUT2D eigenvalue weighted by Gasteiger charge is -2.26. The molecule has 1 aliphatic carbocycles. The fourth-order valence-electron chi connectivity index (χ4n) is 3.33. The van der Waals surface area contributed by atoms with Crippen LogP contribution >= 0.6 is 0 Å². The minimum atomic E-state index is -0.782. The second-order valence-corrected chi connectivity index (χ2v) is 6.90. The number of hydrogen-bond donors (Lipinski definition) is 1. The Morgan fingerprint density at radius 2 is 2.00 bits per heavy atom. The molecule has 27 heavy (non-hydrogen) atoms. The lowest BCUT2D eigenvalue weighted by Crippen LogP contribution is -2.36. The molecule has 2 aromatic rings. The molecule has 0 spiro atoms. The molecule has 0 saturated heterocycles. The molecule has 2 atom stereocenters. The predicted molar refractivity (Wildman–Crippen MR) is 102 cm³/mol. The molecule has 5 nitrogen and oxygen atoms in total. The highest BCUT2D eigenvalue weighted by Crippen LogP contribution is 2.29. The van der Waals surface area contributed by atoms with E-state index in [1.165, 1.54) is 5.56 Å². The molecule has 0 saturated carbocycles. The van der Waals surface area contributed by atoms with Crippen molar-refractivity contribution in [3.05, 3.63) is 65.2 Å². The van der Waals surface area contributed by atoms with Crippen molar-refractivity contribution in [2.75, 3.05) is 6.61 Å². The SMILES string of the molecule is Cc1cccc(O[C@H](C)C(=O)OCC(=O)N[C@H]2CCCc3ccccc32)c1. The molecule has 0 heterocycles. The van der Waals surface area contributed by atoms with E-state index in [1.54, 1.807) is 13.0 Å². The molecule has 1 aliphatic rings. The number of hydrogen-bond acceptors (Lipinski definition) is 4. The molecular formula is C22H25NO4. The summed E-state index contributed by atoms with van der Waals surface area (Å²) in [7, 11) is 0. The van der Waals surface area contributed by atoms with E-state index in [9.17, 15) is 9.59 Å². The molecule has 2 aromatic carbocycles. The van der Waals surface area contributed by atoms with Crippen LogP contribution in [0.2, 0.25) is 0 Å². The quantitative estimate of drug-likeness (QED) is 0.794. The van der Waals surface area contributed by atoms with Gasteiger partial charge in [0, 0.05) is 0 Å². The van der Waals surface area contributed by atoms with Crippen LogP contribution in [-0.2, 0) is 20.7 Å². The second kappa shape index (κ2) is 8.71. The molecule has 0 fully saturated rings. The molecule has 0 aliphatic heterocycles. The van der Waals surface area contributed by atoms with Gasteiger partial charge in [-0.05, 0) is 61.9 Å². The Morgan fingerprint density at radius 1 is 1.19 bits per heavy atom. The molecule has 0 radical (unpaired) electrons. The minimum Gasteiger partial charge on any atom is -0.479 e. The number of carbonyl (C=O) groups excluding carboxylic acids is 2. The number of amides is 1. The van der Waals surface area contributed by atoms with Crippen molar-refractivity contribution < 1.29 is 19.1 Å². The van der Waals surface area contributed by atoms with Crippen LogP contribution in [0, 0.1) is 6.92 Å². The summed E-state index contributed by atoms with van der Waals surface area (Å²) in [6.07, 6.45) is 2.17. The van der Waals surface area contributed by atoms with Gasteiger partial charge >= 0.3 is 5.97 Å². The van der Waals surface area contributed by atoms with Gasteiger partial charge < -0.3 is 14.8 Å². The van der Waals surface area contributed by atoms with E-state index in [0.29, 0.717) is 5.75 Å². The van der Waals surface area contributed by atoms with E-state index in [1.807, 2.05) is 43.3 Å². The van der Waals surface area contributed by atoms with Gasteiger partial charge in [-0.1, -0.05) is 36.4 Å². The van der Waals surface area contributed by atoms with Crippen LogP contribution in [0.5, 0.6) is 5.75 Å². The van der Waals surface area contributed by atoms with Crippen LogP contribution in [0.4, 0.5) is 0 Å². The smallest absolute Gasteiger partial charge is 0.347 e. The monoisotopic (exact) mass is 367 g/mol. The Labute approximate surface area is 159 Å². The second-order valence-electron chi connectivity index (χ2n) is 6.90. The fourth-order valence-corrected chi connectivity index (χ4v) is 3.33. The summed E-state index contributed by atoms with van der Waals surface area (Å²) < 4.78 is 10.7. The molecule has 1 N–H and O–H groups in total. The number of fused-ring (bicyclic) bond motifs is 1. The molecule has 1 amide bonds. The first-order valence-electron chi connectivity index (χ1n) is 9.30. The number of ether oxygens (including phenoxy) is 2.